The van der Waals surface area contributed by atoms with E-state index in [2.05, 4.69) is 5.32 Å². The largest absolute Gasteiger partial charge is 0.324 e. The first kappa shape index (κ1) is 17.6. The number of para-hydroxylation sites is 1. The zero-order valence-corrected chi connectivity index (χ0v) is 13.3. The van der Waals surface area contributed by atoms with Crippen LogP contribution in [-0.4, -0.2) is 18.9 Å². The molecule has 0 aliphatic heterocycles. The standard InChI is InChI=1S/C18H18F2N2O2/c1-22(14-6-3-2-4-7-14)18(24)9-5-8-17(23)21-16-12-13(19)10-11-15(16)20/h2-4,6-7,10-12H,5,8-9H2,1H3,(H,21,23). The van der Waals surface area contributed by atoms with Gasteiger partial charge >= 0.3 is 0 Å². The normalized spacial score (nSPS) is 10.3. The third-order valence-electron chi connectivity index (χ3n) is 3.51. The first-order valence-corrected chi connectivity index (χ1v) is 7.54. The van der Waals surface area contributed by atoms with E-state index >= 15 is 0 Å². The van der Waals surface area contributed by atoms with Crippen molar-refractivity contribution in [3.05, 3.63) is 60.2 Å². The summed E-state index contributed by atoms with van der Waals surface area (Å²) in [7, 11) is 1.67. The number of anilines is 2. The predicted molar refractivity (Wildman–Crippen MR) is 88.7 cm³/mol. The van der Waals surface area contributed by atoms with Gasteiger partial charge in [-0.15, -0.1) is 0 Å². The van der Waals surface area contributed by atoms with Crippen LogP contribution in [0.15, 0.2) is 48.5 Å². The Balaban J connectivity index is 1.80. The first-order valence-electron chi connectivity index (χ1n) is 7.54. The fraction of sp³-hybridized carbons (Fsp3) is 0.222. The second-order valence-electron chi connectivity index (χ2n) is 5.31. The van der Waals surface area contributed by atoms with E-state index in [4.69, 9.17) is 0 Å². The maximum atomic E-state index is 13.4. The van der Waals surface area contributed by atoms with Crippen LogP contribution in [0.3, 0.4) is 0 Å². The quantitative estimate of drug-likeness (QED) is 0.876. The number of hydrogen-bond acceptors (Lipinski definition) is 2. The molecule has 0 heterocycles. The molecule has 0 aliphatic rings. The van der Waals surface area contributed by atoms with Crippen LogP contribution in [0, 0.1) is 11.6 Å². The smallest absolute Gasteiger partial charge is 0.226 e. The lowest BCUT2D eigenvalue weighted by Gasteiger charge is -2.17. The highest BCUT2D eigenvalue weighted by Crippen LogP contribution is 2.16. The fourth-order valence-electron chi connectivity index (χ4n) is 2.17. The molecule has 0 unspecified atom stereocenters. The molecule has 0 spiro atoms. The van der Waals surface area contributed by atoms with Gasteiger partial charge in [0, 0.05) is 31.6 Å². The van der Waals surface area contributed by atoms with Gasteiger partial charge in [0.05, 0.1) is 5.69 Å². The van der Waals surface area contributed by atoms with Crippen LogP contribution in [0.1, 0.15) is 19.3 Å². The minimum absolute atomic E-state index is 0.0460. The van der Waals surface area contributed by atoms with Crippen molar-refractivity contribution in [2.75, 3.05) is 17.3 Å². The van der Waals surface area contributed by atoms with E-state index in [0.29, 0.717) is 6.42 Å². The molecule has 0 aliphatic carbocycles. The van der Waals surface area contributed by atoms with E-state index in [1.807, 2.05) is 30.3 Å². The molecular formula is C18H18F2N2O2. The lowest BCUT2D eigenvalue weighted by Crippen LogP contribution is -2.26. The van der Waals surface area contributed by atoms with Crippen molar-refractivity contribution >= 4 is 23.2 Å². The number of nitrogens with zero attached hydrogens (tertiary/aromatic N) is 1. The summed E-state index contributed by atoms with van der Waals surface area (Å²) in [5.41, 5.74) is 0.571. The van der Waals surface area contributed by atoms with Gasteiger partial charge in [-0.3, -0.25) is 9.59 Å². The van der Waals surface area contributed by atoms with Gasteiger partial charge in [0.2, 0.25) is 11.8 Å². The first-order chi connectivity index (χ1) is 11.5. The van der Waals surface area contributed by atoms with Crippen LogP contribution in [-0.2, 0) is 9.59 Å². The Bertz CT molecular complexity index is 720. The number of benzene rings is 2. The molecule has 2 aromatic rings. The molecule has 0 saturated carbocycles. The molecule has 1 N–H and O–H groups in total. The number of carbonyl (C=O) groups excluding carboxylic acids is 2. The van der Waals surface area contributed by atoms with Crippen molar-refractivity contribution in [3.63, 3.8) is 0 Å². The minimum atomic E-state index is -0.704. The molecule has 126 valence electrons. The van der Waals surface area contributed by atoms with Gasteiger partial charge in [0.25, 0.3) is 0 Å². The third-order valence-corrected chi connectivity index (χ3v) is 3.51. The molecule has 0 bridgehead atoms. The number of hydrogen-bond donors (Lipinski definition) is 1. The summed E-state index contributed by atoms with van der Waals surface area (Å²) in [4.78, 5) is 25.4. The molecular weight excluding hydrogens is 314 g/mol. The van der Waals surface area contributed by atoms with Crippen LogP contribution in [0.2, 0.25) is 0 Å². The predicted octanol–water partition coefficient (Wildman–Crippen LogP) is 3.74. The number of nitrogens with one attached hydrogen (secondary N) is 1. The summed E-state index contributed by atoms with van der Waals surface area (Å²) in [6.45, 7) is 0. The van der Waals surface area contributed by atoms with Crippen LogP contribution in [0.5, 0.6) is 0 Å². The Morgan fingerprint density at radius 3 is 2.46 bits per heavy atom. The summed E-state index contributed by atoms with van der Waals surface area (Å²) in [5, 5.41) is 2.31. The monoisotopic (exact) mass is 332 g/mol. The average Bonchev–Trinajstić information content (AvgIpc) is 2.58. The van der Waals surface area contributed by atoms with Gasteiger partial charge in [-0.25, -0.2) is 8.78 Å². The lowest BCUT2D eigenvalue weighted by molar-refractivity contribution is -0.118. The molecule has 2 aromatic carbocycles. The van der Waals surface area contributed by atoms with Crippen LogP contribution < -0.4 is 10.2 Å². The zero-order chi connectivity index (χ0) is 17.5. The van der Waals surface area contributed by atoms with Crippen LogP contribution >= 0.6 is 0 Å². The number of halogens is 2. The maximum absolute atomic E-state index is 13.4. The van der Waals surface area contributed by atoms with Crippen LogP contribution in [0.4, 0.5) is 20.2 Å². The Labute approximate surface area is 139 Å². The van der Waals surface area contributed by atoms with E-state index in [9.17, 15) is 18.4 Å². The van der Waals surface area contributed by atoms with Crippen molar-refractivity contribution in [1.29, 1.82) is 0 Å². The Kier molecular flexibility index (Phi) is 6.01. The highest BCUT2D eigenvalue weighted by atomic mass is 19.1. The van der Waals surface area contributed by atoms with Gasteiger partial charge in [0.15, 0.2) is 0 Å². The second kappa shape index (κ2) is 8.19. The fourth-order valence-corrected chi connectivity index (χ4v) is 2.17. The molecule has 0 saturated heterocycles. The summed E-state index contributed by atoms with van der Waals surface area (Å²) in [5.74, 6) is -1.92. The Hall–Kier alpha value is -2.76. The van der Waals surface area contributed by atoms with E-state index in [1.54, 1.807) is 7.05 Å². The van der Waals surface area contributed by atoms with Crippen molar-refractivity contribution < 1.29 is 18.4 Å². The van der Waals surface area contributed by atoms with E-state index in [-0.39, 0.29) is 24.4 Å². The van der Waals surface area contributed by atoms with E-state index in [1.165, 1.54) is 4.90 Å². The number of rotatable bonds is 6. The van der Waals surface area contributed by atoms with Gasteiger partial charge in [-0.1, -0.05) is 18.2 Å². The summed E-state index contributed by atoms with van der Waals surface area (Å²) >= 11 is 0. The average molecular weight is 332 g/mol. The summed E-state index contributed by atoms with van der Waals surface area (Å²) in [6, 6.07) is 12.0. The molecule has 2 rings (SSSR count). The molecule has 0 radical (unpaired) electrons. The zero-order valence-electron chi connectivity index (χ0n) is 13.3. The molecule has 24 heavy (non-hydrogen) atoms. The molecule has 0 atom stereocenters. The van der Waals surface area contributed by atoms with Crippen molar-refractivity contribution in [2.45, 2.75) is 19.3 Å². The molecule has 0 fully saturated rings. The molecule has 6 heteroatoms. The van der Waals surface area contributed by atoms with E-state index < -0.39 is 17.5 Å². The lowest BCUT2D eigenvalue weighted by atomic mass is 10.2. The molecule has 0 aromatic heterocycles. The Morgan fingerprint density at radius 1 is 1.04 bits per heavy atom. The van der Waals surface area contributed by atoms with E-state index in [0.717, 1.165) is 23.9 Å². The van der Waals surface area contributed by atoms with Crippen molar-refractivity contribution in [1.82, 2.24) is 0 Å². The maximum Gasteiger partial charge on any atom is 0.226 e. The molecule has 4 nitrogen and oxygen atoms in total. The summed E-state index contributed by atoms with van der Waals surface area (Å²) < 4.78 is 26.5. The summed E-state index contributed by atoms with van der Waals surface area (Å²) in [6.07, 6.45) is 0.549. The second-order valence-corrected chi connectivity index (χ2v) is 5.31. The van der Waals surface area contributed by atoms with Crippen molar-refractivity contribution in [3.8, 4) is 0 Å². The number of amides is 2. The van der Waals surface area contributed by atoms with Crippen molar-refractivity contribution in [2.24, 2.45) is 0 Å². The SMILES string of the molecule is CN(C(=O)CCCC(=O)Nc1cc(F)ccc1F)c1ccccc1. The number of carbonyl (C=O) groups is 2. The minimum Gasteiger partial charge on any atom is -0.324 e. The highest BCUT2D eigenvalue weighted by Gasteiger charge is 2.12. The highest BCUT2D eigenvalue weighted by molar-refractivity contribution is 5.94. The Morgan fingerprint density at radius 2 is 1.75 bits per heavy atom. The van der Waals surface area contributed by atoms with Crippen LogP contribution in [0.25, 0.3) is 0 Å². The van der Waals surface area contributed by atoms with Gasteiger partial charge in [-0.05, 0) is 30.7 Å². The third kappa shape index (κ3) is 4.87. The van der Waals surface area contributed by atoms with Gasteiger partial charge in [-0.2, -0.15) is 0 Å². The van der Waals surface area contributed by atoms with Gasteiger partial charge in [0.1, 0.15) is 11.6 Å². The topological polar surface area (TPSA) is 49.4 Å². The molecule has 2 amide bonds. The van der Waals surface area contributed by atoms with Gasteiger partial charge < -0.3 is 10.2 Å².